The molecule has 3 N–H and O–H groups in total. The standard InChI is InChI=1S/C24H26N8O2/c1-16(33)15-32-23(34)19-14-27-24(29-21(19)22(30-32)20-4-2-3-9-26-20)28-17-5-7-18(8-6-17)31-12-10-25-11-13-31/h2-9,14,16,25,33H,10-13,15H2,1H3,(H,27,28,29). The van der Waals surface area contributed by atoms with E-state index in [4.69, 9.17) is 0 Å². The van der Waals surface area contributed by atoms with Crippen molar-refractivity contribution in [2.24, 2.45) is 0 Å². The third-order valence-electron chi connectivity index (χ3n) is 5.65. The van der Waals surface area contributed by atoms with Gasteiger partial charge in [0.15, 0.2) is 0 Å². The number of hydrogen-bond acceptors (Lipinski definition) is 9. The molecule has 3 aromatic heterocycles. The number of benzene rings is 1. The summed E-state index contributed by atoms with van der Waals surface area (Å²) >= 11 is 0. The molecular formula is C24H26N8O2. The average Bonchev–Trinajstić information content (AvgIpc) is 2.87. The molecule has 4 heterocycles. The second-order valence-electron chi connectivity index (χ2n) is 8.26. The Balaban J connectivity index is 1.50. The molecule has 0 amide bonds. The lowest BCUT2D eigenvalue weighted by Gasteiger charge is -2.29. The normalized spacial score (nSPS) is 14.8. The van der Waals surface area contributed by atoms with E-state index in [9.17, 15) is 9.90 Å². The number of piperazine rings is 1. The second kappa shape index (κ2) is 9.54. The van der Waals surface area contributed by atoms with Gasteiger partial charge in [-0.25, -0.2) is 14.6 Å². The van der Waals surface area contributed by atoms with E-state index >= 15 is 0 Å². The first kappa shape index (κ1) is 21.9. The molecule has 1 aromatic carbocycles. The fraction of sp³-hybridized carbons (Fsp3) is 0.292. The van der Waals surface area contributed by atoms with Crippen molar-refractivity contribution in [1.29, 1.82) is 0 Å². The van der Waals surface area contributed by atoms with Gasteiger partial charge in [-0.3, -0.25) is 9.78 Å². The van der Waals surface area contributed by atoms with Crippen LogP contribution in [-0.4, -0.2) is 62.1 Å². The van der Waals surface area contributed by atoms with Gasteiger partial charge in [-0.2, -0.15) is 5.10 Å². The number of nitrogens with zero attached hydrogens (tertiary/aromatic N) is 6. The zero-order valence-corrected chi connectivity index (χ0v) is 18.8. The summed E-state index contributed by atoms with van der Waals surface area (Å²) in [5.74, 6) is 0.356. The van der Waals surface area contributed by atoms with Gasteiger partial charge in [-0.05, 0) is 43.3 Å². The molecule has 1 fully saturated rings. The molecule has 174 valence electrons. The van der Waals surface area contributed by atoms with Crippen LogP contribution in [0.1, 0.15) is 6.92 Å². The highest BCUT2D eigenvalue weighted by molar-refractivity contribution is 5.89. The fourth-order valence-electron chi connectivity index (χ4n) is 3.99. The van der Waals surface area contributed by atoms with Gasteiger partial charge in [-0.1, -0.05) is 6.07 Å². The number of pyridine rings is 1. The maximum Gasteiger partial charge on any atom is 0.277 e. The molecule has 0 saturated carbocycles. The minimum atomic E-state index is -0.731. The number of aromatic nitrogens is 5. The highest BCUT2D eigenvalue weighted by Gasteiger charge is 2.17. The Bertz CT molecular complexity index is 1330. The monoisotopic (exact) mass is 458 g/mol. The van der Waals surface area contributed by atoms with E-state index < -0.39 is 6.10 Å². The molecule has 10 heteroatoms. The van der Waals surface area contributed by atoms with Gasteiger partial charge in [0.1, 0.15) is 11.2 Å². The van der Waals surface area contributed by atoms with Crippen LogP contribution in [0.2, 0.25) is 0 Å². The first-order chi connectivity index (χ1) is 16.6. The lowest BCUT2D eigenvalue weighted by Crippen LogP contribution is -2.43. The number of aliphatic hydroxyl groups excluding tert-OH is 1. The summed E-state index contributed by atoms with van der Waals surface area (Å²) in [4.78, 5) is 28.7. The van der Waals surface area contributed by atoms with E-state index in [1.807, 2.05) is 30.3 Å². The Kier molecular flexibility index (Phi) is 6.15. The molecule has 1 aliphatic heterocycles. The van der Waals surface area contributed by atoms with Crippen LogP contribution < -0.4 is 21.1 Å². The van der Waals surface area contributed by atoms with Crippen molar-refractivity contribution in [3.63, 3.8) is 0 Å². The van der Waals surface area contributed by atoms with Gasteiger partial charge >= 0.3 is 0 Å². The molecule has 34 heavy (non-hydrogen) atoms. The SMILES string of the molecule is CC(O)Cn1nc(-c2ccccn2)c2nc(Nc3ccc(N4CCNCC4)cc3)ncc2c1=O. The third kappa shape index (κ3) is 4.59. The largest absolute Gasteiger partial charge is 0.391 e. The minimum absolute atomic E-state index is 0.0635. The average molecular weight is 459 g/mol. The van der Waals surface area contributed by atoms with Gasteiger partial charge in [0.25, 0.3) is 5.56 Å². The Hall–Kier alpha value is -3.89. The summed E-state index contributed by atoms with van der Waals surface area (Å²) in [6, 6.07) is 13.6. The zero-order chi connectivity index (χ0) is 23.5. The molecule has 10 nitrogen and oxygen atoms in total. The summed E-state index contributed by atoms with van der Waals surface area (Å²) in [7, 11) is 0. The third-order valence-corrected chi connectivity index (χ3v) is 5.65. The van der Waals surface area contributed by atoms with Crippen LogP contribution in [-0.2, 0) is 6.54 Å². The molecule has 4 aromatic rings. The summed E-state index contributed by atoms with van der Waals surface area (Å²) in [6.07, 6.45) is 2.42. The highest BCUT2D eigenvalue weighted by atomic mass is 16.3. The van der Waals surface area contributed by atoms with Gasteiger partial charge in [-0.15, -0.1) is 0 Å². The lowest BCUT2D eigenvalue weighted by atomic mass is 10.2. The van der Waals surface area contributed by atoms with E-state index in [0.717, 1.165) is 31.9 Å². The molecule has 5 rings (SSSR count). The van der Waals surface area contributed by atoms with Gasteiger partial charge in [0.05, 0.1) is 23.7 Å². The second-order valence-corrected chi connectivity index (χ2v) is 8.26. The predicted molar refractivity (Wildman–Crippen MR) is 131 cm³/mol. The first-order valence-corrected chi connectivity index (χ1v) is 11.3. The van der Waals surface area contributed by atoms with Crippen molar-refractivity contribution >= 4 is 28.2 Å². The van der Waals surface area contributed by atoms with E-state index in [1.54, 1.807) is 13.1 Å². The Labute approximate surface area is 196 Å². The van der Waals surface area contributed by atoms with Crippen LogP contribution in [0.25, 0.3) is 22.3 Å². The Morgan fingerprint density at radius 2 is 1.91 bits per heavy atom. The molecule has 1 atom stereocenters. The Morgan fingerprint density at radius 3 is 2.62 bits per heavy atom. The van der Waals surface area contributed by atoms with Crippen LogP contribution in [0.4, 0.5) is 17.3 Å². The highest BCUT2D eigenvalue weighted by Crippen LogP contribution is 2.24. The smallest absolute Gasteiger partial charge is 0.277 e. The van der Waals surface area contributed by atoms with E-state index in [2.05, 4.69) is 47.7 Å². The maximum absolute atomic E-state index is 13.0. The predicted octanol–water partition coefficient (Wildman–Crippen LogP) is 1.78. The van der Waals surface area contributed by atoms with Crippen molar-refractivity contribution < 1.29 is 5.11 Å². The molecule has 1 saturated heterocycles. The fourth-order valence-corrected chi connectivity index (χ4v) is 3.99. The number of anilines is 3. The summed E-state index contributed by atoms with van der Waals surface area (Å²) < 4.78 is 1.24. The topological polar surface area (TPSA) is 121 Å². The maximum atomic E-state index is 13.0. The van der Waals surface area contributed by atoms with E-state index in [1.165, 1.54) is 16.6 Å². The first-order valence-electron chi connectivity index (χ1n) is 11.3. The number of hydrogen-bond donors (Lipinski definition) is 3. The van der Waals surface area contributed by atoms with Gasteiger partial charge in [0.2, 0.25) is 5.95 Å². The quantitative estimate of drug-likeness (QED) is 0.397. The van der Waals surface area contributed by atoms with Crippen molar-refractivity contribution in [3.8, 4) is 11.4 Å². The van der Waals surface area contributed by atoms with Crippen molar-refractivity contribution in [1.82, 2.24) is 30.0 Å². The number of aliphatic hydroxyl groups is 1. The van der Waals surface area contributed by atoms with Crippen LogP contribution in [0.3, 0.4) is 0 Å². The van der Waals surface area contributed by atoms with E-state index in [-0.39, 0.29) is 12.1 Å². The molecule has 0 aliphatic carbocycles. The van der Waals surface area contributed by atoms with Crippen LogP contribution in [0.15, 0.2) is 59.7 Å². The zero-order valence-electron chi connectivity index (χ0n) is 18.8. The molecule has 1 aliphatic rings. The van der Waals surface area contributed by atoms with Crippen LogP contribution in [0.5, 0.6) is 0 Å². The van der Waals surface area contributed by atoms with Crippen LogP contribution in [0, 0.1) is 0 Å². The molecule has 0 spiro atoms. The Morgan fingerprint density at radius 1 is 1.12 bits per heavy atom. The van der Waals surface area contributed by atoms with Crippen molar-refractivity contribution in [3.05, 3.63) is 65.2 Å². The molecular weight excluding hydrogens is 432 g/mol. The van der Waals surface area contributed by atoms with Crippen LogP contribution >= 0.6 is 0 Å². The number of nitrogens with one attached hydrogen (secondary N) is 2. The van der Waals surface area contributed by atoms with Gasteiger partial charge < -0.3 is 20.6 Å². The summed E-state index contributed by atoms with van der Waals surface area (Å²) in [5, 5.41) is 21.2. The van der Waals surface area contributed by atoms with Crippen molar-refractivity contribution in [2.75, 3.05) is 36.4 Å². The molecule has 0 radical (unpaired) electrons. The molecule has 1 unspecified atom stereocenters. The minimum Gasteiger partial charge on any atom is -0.391 e. The summed E-state index contributed by atoms with van der Waals surface area (Å²) in [6.45, 7) is 5.60. The van der Waals surface area contributed by atoms with E-state index in [0.29, 0.717) is 28.2 Å². The number of rotatable bonds is 6. The number of fused-ring (bicyclic) bond motifs is 1. The summed E-state index contributed by atoms with van der Waals surface area (Å²) in [5.41, 5.74) is 3.09. The van der Waals surface area contributed by atoms with Crippen molar-refractivity contribution in [2.45, 2.75) is 19.6 Å². The van der Waals surface area contributed by atoms with Gasteiger partial charge in [0, 0.05) is 49.9 Å². The molecule has 0 bridgehead atoms. The lowest BCUT2D eigenvalue weighted by molar-refractivity contribution is 0.166.